The van der Waals surface area contributed by atoms with Crippen molar-refractivity contribution >= 4 is 5.96 Å². The van der Waals surface area contributed by atoms with Crippen LogP contribution in [0.1, 0.15) is 51.4 Å². The molecule has 6 heteroatoms. The van der Waals surface area contributed by atoms with Crippen LogP contribution in [0.2, 0.25) is 0 Å². The second-order valence-corrected chi connectivity index (χ2v) is 8.83. The Kier molecular flexibility index (Phi) is 8.22. The van der Waals surface area contributed by atoms with Crippen LogP contribution in [0.25, 0.3) is 0 Å². The van der Waals surface area contributed by atoms with Crippen LogP contribution >= 0.6 is 0 Å². The highest BCUT2D eigenvalue weighted by Gasteiger charge is 2.39. The number of likely N-dealkylation sites (tertiary alicyclic amines) is 3. The van der Waals surface area contributed by atoms with Gasteiger partial charge in [-0.15, -0.1) is 0 Å². The number of piperidine rings is 3. The molecule has 6 nitrogen and oxygen atoms in total. The molecule has 3 rings (SSSR count). The van der Waals surface area contributed by atoms with Crippen molar-refractivity contribution in [2.45, 2.75) is 56.9 Å². The summed E-state index contributed by atoms with van der Waals surface area (Å²) in [6, 6.07) is 0. The number of hydrogen-bond acceptors (Lipinski definition) is 4. The third kappa shape index (κ3) is 6.06. The third-order valence-corrected chi connectivity index (χ3v) is 6.92. The Hall–Kier alpha value is -0.850. The van der Waals surface area contributed by atoms with Crippen LogP contribution in [0.3, 0.4) is 0 Å². The number of rotatable bonds is 6. The Balaban J connectivity index is 1.48. The van der Waals surface area contributed by atoms with Gasteiger partial charge in [-0.2, -0.15) is 0 Å². The minimum atomic E-state index is 0.303. The lowest BCUT2D eigenvalue weighted by atomic mass is 9.84. The molecular weight excluding hydrogens is 336 g/mol. The standard InChI is InChI=1S/C21H42N6/c1-22-20(23-11-18-26-12-5-3-6-13-26)24-19-21(9-16-25(2)17-10-21)27-14-7-4-8-15-27/h3-19H2,1-2H3,(H2,22,23,24). The predicted molar refractivity (Wildman–Crippen MR) is 115 cm³/mol. The Bertz CT molecular complexity index is 446. The molecule has 0 bridgehead atoms. The molecule has 0 radical (unpaired) electrons. The highest BCUT2D eigenvalue weighted by Crippen LogP contribution is 2.30. The van der Waals surface area contributed by atoms with Gasteiger partial charge in [-0.25, -0.2) is 0 Å². The van der Waals surface area contributed by atoms with E-state index in [9.17, 15) is 0 Å². The zero-order valence-corrected chi connectivity index (χ0v) is 17.8. The van der Waals surface area contributed by atoms with Crippen LogP contribution in [0.15, 0.2) is 4.99 Å². The molecule has 0 aromatic heterocycles. The average Bonchev–Trinajstić information content (AvgIpc) is 2.73. The second-order valence-electron chi connectivity index (χ2n) is 8.83. The fraction of sp³-hybridized carbons (Fsp3) is 0.952. The zero-order chi connectivity index (χ0) is 19.0. The minimum absolute atomic E-state index is 0.303. The van der Waals surface area contributed by atoms with Gasteiger partial charge in [0.25, 0.3) is 0 Å². The Morgan fingerprint density at radius 1 is 0.852 bits per heavy atom. The first-order chi connectivity index (χ1) is 13.2. The van der Waals surface area contributed by atoms with E-state index in [0.717, 1.165) is 25.6 Å². The molecular formula is C21H42N6. The summed E-state index contributed by atoms with van der Waals surface area (Å²) in [5, 5.41) is 7.24. The van der Waals surface area contributed by atoms with Gasteiger partial charge in [0.1, 0.15) is 0 Å². The van der Waals surface area contributed by atoms with E-state index in [1.165, 1.54) is 90.6 Å². The van der Waals surface area contributed by atoms with Gasteiger partial charge < -0.3 is 20.4 Å². The van der Waals surface area contributed by atoms with Crippen LogP contribution in [0.4, 0.5) is 0 Å². The predicted octanol–water partition coefficient (Wildman–Crippen LogP) is 1.59. The molecule has 0 aliphatic carbocycles. The zero-order valence-electron chi connectivity index (χ0n) is 17.8. The minimum Gasteiger partial charge on any atom is -0.355 e. The van der Waals surface area contributed by atoms with Gasteiger partial charge in [0.05, 0.1) is 0 Å². The largest absolute Gasteiger partial charge is 0.355 e. The van der Waals surface area contributed by atoms with Gasteiger partial charge in [0.2, 0.25) is 0 Å². The quantitative estimate of drug-likeness (QED) is 0.543. The van der Waals surface area contributed by atoms with Crippen LogP contribution in [-0.2, 0) is 0 Å². The summed E-state index contributed by atoms with van der Waals surface area (Å²) in [5.74, 6) is 0.974. The molecule has 3 fully saturated rings. The lowest BCUT2D eigenvalue weighted by Gasteiger charge is -2.50. The normalized spacial score (nSPS) is 26.1. The summed E-state index contributed by atoms with van der Waals surface area (Å²) in [7, 11) is 4.16. The molecule has 3 aliphatic heterocycles. The molecule has 0 atom stereocenters. The smallest absolute Gasteiger partial charge is 0.191 e. The summed E-state index contributed by atoms with van der Waals surface area (Å²) in [6.07, 6.45) is 10.8. The summed E-state index contributed by atoms with van der Waals surface area (Å²) < 4.78 is 0. The van der Waals surface area contributed by atoms with Crippen LogP contribution in [-0.4, -0.2) is 99.2 Å². The maximum Gasteiger partial charge on any atom is 0.191 e. The van der Waals surface area contributed by atoms with Crippen molar-refractivity contribution in [3.05, 3.63) is 0 Å². The summed E-state index contributed by atoms with van der Waals surface area (Å²) in [6.45, 7) is 10.6. The number of nitrogens with zero attached hydrogens (tertiary/aromatic N) is 4. The molecule has 0 aromatic rings. The molecule has 3 saturated heterocycles. The molecule has 3 heterocycles. The lowest BCUT2D eigenvalue weighted by molar-refractivity contribution is 0.0173. The monoisotopic (exact) mass is 378 g/mol. The van der Waals surface area contributed by atoms with Gasteiger partial charge in [-0.1, -0.05) is 12.8 Å². The van der Waals surface area contributed by atoms with E-state index in [2.05, 4.69) is 37.4 Å². The fourth-order valence-corrected chi connectivity index (χ4v) is 4.99. The van der Waals surface area contributed by atoms with E-state index >= 15 is 0 Å². The highest BCUT2D eigenvalue weighted by molar-refractivity contribution is 5.79. The summed E-state index contributed by atoms with van der Waals surface area (Å²) in [5.41, 5.74) is 0.303. The maximum absolute atomic E-state index is 4.49. The van der Waals surface area contributed by atoms with Crippen LogP contribution in [0.5, 0.6) is 0 Å². The summed E-state index contributed by atoms with van der Waals surface area (Å²) in [4.78, 5) is 12.3. The van der Waals surface area contributed by atoms with Gasteiger partial charge in [0, 0.05) is 32.2 Å². The van der Waals surface area contributed by atoms with E-state index in [-0.39, 0.29) is 0 Å². The Morgan fingerprint density at radius 2 is 1.48 bits per heavy atom. The van der Waals surface area contributed by atoms with Crippen molar-refractivity contribution in [1.82, 2.24) is 25.3 Å². The van der Waals surface area contributed by atoms with Crippen molar-refractivity contribution in [1.29, 1.82) is 0 Å². The molecule has 0 spiro atoms. The van der Waals surface area contributed by atoms with E-state index in [0.29, 0.717) is 5.54 Å². The highest BCUT2D eigenvalue weighted by atomic mass is 15.3. The third-order valence-electron chi connectivity index (χ3n) is 6.92. The van der Waals surface area contributed by atoms with E-state index < -0.39 is 0 Å². The number of nitrogens with one attached hydrogen (secondary N) is 2. The topological polar surface area (TPSA) is 46.1 Å². The number of guanidine groups is 1. The van der Waals surface area contributed by atoms with Crippen LogP contribution < -0.4 is 10.6 Å². The summed E-state index contributed by atoms with van der Waals surface area (Å²) >= 11 is 0. The van der Waals surface area contributed by atoms with Gasteiger partial charge >= 0.3 is 0 Å². The van der Waals surface area contributed by atoms with Gasteiger partial charge in [0.15, 0.2) is 5.96 Å². The van der Waals surface area contributed by atoms with Crippen LogP contribution in [0, 0.1) is 0 Å². The average molecular weight is 379 g/mol. The molecule has 2 N–H and O–H groups in total. The molecule has 3 aliphatic rings. The Morgan fingerprint density at radius 3 is 2.11 bits per heavy atom. The first kappa shape index (κ1) is 20.9. The Labute approximate surface area is 166 Å². The van der Waals surface area contributed by atoms with Gasteiger partial charge in [-0.05, 0) is 84.8 Å². The van der Waals surface area contributed by atoms with Crippen molar-refractivity contribution in [2.24, 2.45) is 4.99 Å². The van der Waals surface area contributed by atoms with E-state index in [4.69, 9.17) is 0 Å². The molecule has 0 amide bonds. The maximum atomic E-state index is 4.49. The van der Waals surface area contributed by atoms with Crippen molar-refractivity contribution < 1.29 is 0 Å². The fourth-order valence-electron chi connectivity index (χ4n) is 4.99. The molecule has 27 heavy (non-hydrogen) atoms. The second kappa shape index (κ2) is 10.6. The molecule has 156 valence electrons. The molecule has 0 saturated carbocycles. The van der Waals surface area contributed by atoms with E-state index in [1.807, 2.05) is 7.05 Å². The van der Waals surface area contributed by atoms with Crippen molar-refractivity contribution in [2.75, 3.05) is 73.0 Å². The van der Waals surface area contributed by atoms with E-state index in [1.54, 1.807) is 0 Å². The number of hydrogen-bond donors (Lipinski definition) is 2. The molecule has 0 unspecified atom stereocenters. The van der Waals surface area contributed by atoms with Gasteiger partial charge in [-0.3, -0.25) is 9.89 Å². The van der Waals surface area contributed by atoms with Crippen molar-refractivity contribution in [3.8, 4) is 0 Å². The lowest BCUT2D eigenvalue weighted by Crippen LogP contribution is -2.62. The molecule has 0 aromatic carbocycles. The number of aliphatic imine (C=N–C) groups is 1. The van der Waals surface area contributed by atoms with Crippen molar-refractivity contribution in [3.63, 3.8) is 0 Å². The first-order valence-corrected chi connectivity index (χ1v) is 11.3. The SMILES string of the molecule is CN=C(NCCN1CCCCC1)NCC1(N2CCCCC2)CCN(C)CC1. The first-order valence-electron chi connectivity index (χ1n) is 11.3.